The first-order valence-electron chi connectivity index (χ1n) is 7.13. The molecule has 0 spiro atoms. The predicted octanol–water partition coefficient (Wildman–Crippen LogP) is 1.57. The highest BCUT2D eigenvalue weighted by atomic mass is 16.2. The van der Waals surface area contributed by atoms with Crippen LogP contribution in [0.25, 0.3) is 0 Å². The lowest BCUT2D eigenvalue weighted by atomic mass is 10.1. The Morgan fingerprint density at radius 1 is 1.18 bits per heavy atom. The van der Waals surface area contributed by atoms with Crippen LogP contribution in [0.15, 0.2) is 36.7 Å². The fourth-order valence-corrected chi connectivity index (χ4v) is 1.83. The molecule has 0 atom stereocenters. The van der Waals surface area contributed by atoms with Gasteiger partial charge in [0.2, 0.25) is 5.91 Å². The van der Waals surface area contributed by atoms with E-state index in [9.17, 15) is 4.79 Å². The van der Waals surface area contributed by atoms with E-state index < -0.39 is 0 Å². The zero-order valence-corrected chi connectivity index (χ0v) is 12.5. The molecule has 22 heavy (non-hydrogen) atoms. The standard InChI is InChI=1S/C15H20N6O/c1-2-8-17-14-13(16)15(19-10-18-14)21-20-12(22)9-11-6-4-3-5-7-11/h3-7,10H,2,8-9,16H2,1H3,(H,20,22)(H2,17,18,19,21). The number of hydrazine groups is 1. The highest BCUT2D eigenvalue weighted by Crippen LogP contribution is 2.21. The summed E-state index contributed by atoms with van der Waals surface area (Å²) in [7, 11) is 0. The van der Waals surface area contributed by atoms with Gasteiger partial charge in [-0.2, -0.15) is 0 Å². The summed E-state index contributed by atoms with van der Waals surface area (Å²) >= 11 is 0. The van der Waals surface area contributed by atoms with Gasteiger partial charge in [0.25, 0.3) is 0 Å². The third-order valence-corrected chi connectivity index (χ3v) is 2.95. The van der Waals surface area contributed by atoms with E-state index >= 15 is 0 Å². The fourth-order valence-electron chi connectivity index (χ4n) is 1.83. The summed E-state index contributed by atoms with van der Waals surface area (Å²) in [6.07, 6.45) is 2.62. The first kappa shape index (κ1) is 15.6. The van der Waals surface area contributed by atoms with E-state index in [0.29, 0.717) is 17.3 Å². The molecule has 1 heterocycles. The van der Waals surface area contributed by atoms with Gasteiger partial charge in [-0.05, 0) is 12.0 Å². The van der Waals surface area contributed by atoms with Gasteiger partial charge in [0, 0.05) is 6.54 Å². The Morgan fingerprint density at radius 3 is 2.64 bits per heavy atom. The summed E-state index contributed by atoms with van der Waals surface area (Å²) < 4.78 is 0. The number of rotatable bonds is 7. The van der Waals surface area contributed by atoms with Crippen molar-refractivity contribution in [1.29, 1.82) is 0 Å². The fraction of sp³-hybridized carbons (Fsp3) is 0.267. The summed E-state index contributed by atoms with van der Waals surface area (Å²) in [5, 5.41) is 3.10. The van der Waals surface area contributed by atoms with Gasteiger partial charge < -0.3 is 11.1 Å². The van der Waals surface area contributed by atoms with Crippen LogP contribution in [-0.4, -0.2) is 22.4 Å². The topological polar surface area (TPSA) is 105 Å². The quantitative estimate of drug-likeness (QED) is 0.578. The number of nitrogen functional groups attached to an aromatic ring is 1. The molecule has 1 aromatic carbocycles. The Morgan fingerprint density at radius 2 is 1.91 bits per heavy atom. The molecule has 0 fully saturated rings. The molecule has 7 nitrogen and oxygen atoms in total. The maximum atomic E-state index is 11.9. The van der Waals surface area contributed by atoms with Crippen molar-refractivity contribution in [1.82, 2.24) is 15.4 Å². The number of anilines is 3. The number of carbonyl (C=O) groups is 1. The average molecular weight is 300 g/mol. The van der Waals surface area contributed by atoms with Gasteiger partial charge in [-0.15, -0.1) is 0 Å². The summed E-state index contributed by atoms with van der Waals surface area (Å²) in [5.74, 6) is 0.749. The number of carbonyl (C=O) groups excluding carboxylic acids is 1. The number of aromatic nitrogens is 2. The molecule has 0 saturated heterocycles. The molecule has 0 bridgehead atoms. The van der Waals surface area contributed by atoms with Gasteiger partial charge in [-0.1, -0.05) is 37.3 Å². The Labute approximate surface area is 129 Å². The molecular weight excluding hydrogens is 280 g/mol. The van der Waals surface area contributed by atoms with Gasteiger partial charge in [0.05, 0.1) is 6.42 Å². The molecule has 2 rings (SSSR count). The van der Waals surface area contributed by atoms with Crippen molar-refractivity contribution in [2.24, 2.45) is 0 Å². The molecule has 0 aliphatic heterocycles. The molecule has 1 aromatic heterocycles. The molecule has 5 N–H and O–H groups in total. The third kappa shape index (κ3) is 4.34. The van der Waals surface area contributed by atoms with Crippen molar-refractivity contribution in [3.05, 3.63) is 42.2 Å². The van der Waals surface area contributed by atoms with Gasteiger partial charge in [-0.25, -0.2) is 9.97 Å². The lowest BCUT2D eigenvalue weighted by molar-refractivity contribution is -0.119. The van der Waals surface area contributed by atoms with Crippen molar-refractivity contribution in [3.8, 4) is 0 Å². The summed E-state index contributed by atoms with van der Waals surface area (Å²) in [4.78, 5) is 20.0. The van der Waals surface area contributed by atoms with Crippen molar-refractivity contribution >= 4 is 23.2 Å². The van der Waals surface area contributed by atoms with Crippen LogP contribution in [0.2, 0.25) is 0 Å². The summed E-state index contributed by atoms with van der Waals surface area (Å²) in [5.41, 5.74) is 12.6. The Hall–Kier alpha value is -2.83. The van der Waals surface area contributed by atoms with Crippen molar-refractivity contribution < 1.29 is 4.79 Å². The monoisotopic (exact) mass is 300 g/mol. The first-order chi connectivity index (χ1) is 10.7. The lowest BCUT2D eigenvalue weighted by Crippen LogP contribution is -2.31. The highest BCUT2D eigenvalue weighted by molar-refractivity contribution is 5.81. The number of benzene rings is 1. The molecule has 0 saturated carbocycles. The maximum Gasteiger partial charge on any atom is 0.242 e. The van der Waals surface area contributed by atoms with E-state index in [2.05, 4.69) is 26.1 Å². The number of nitrogens with zero attached hydrogens (tertiary/aromatic N) is 2. The van der Waals surface area contributed by atoms with Crippen LogP contribution in [-0.2, 0) is 11.2 Å². The van der Waals surface area contributed by atoms with Crippen molar-refractivity contribution in [3.63, 3.8) is 0 Å². The van der Waals surface area contributed by atoms with Gasteiger partial charge in [0.1, 0.15) is 12.0 Å². The van der Waals surface area contributed by atoms with E-state index in [-0.39, 0.29) is 12.3 Å². The van der Waals surface area contributed by atoms with E-state index in [1.165, 1.54) is 6.33 Å². The zero-order valence-electron chi connectivity index (χ0n) is 12.5. The van der Waals surface area contributed by atoms with Crippen molar-refractivity contribution in [2.75, 3.05) is 23.0 Å². The zero-order chi connectivity index (χ0) is 15.8. The highest BCUT2D eigenvalue weighted by Gasteiger charge is 2.08. The summed E-state index contributed by atoms with van der Waals surface area (Å²) in [6.45, 7) is 2.81. The molecule has 1 amide bonds. The first-order valence-corrected chi connectivity index (χ1v) is 7.13. The molecule has 0 radical (unpaired) electrons. The van der Waals surface area contributed by atoms with E-state index in [4.69, 9.17) is 5.73 Å². The molecule has 7 heteroatoms. The van der Waals surface area contributed by atoms with Crippen LogP contribution in [0.4, 0.5) is 17.3 Å². The van der Waals surface area contributed by atoms with Gasteiger partial charge in [0.15, 0.2) is 11.6 Å². The summed E-state index contributed by atoms with van der Waals surface area (Å²) in [6, 6.07) is 9.48. The van der Waals surface area contributed by atoms with Gasteiger partial charge >= 0.3 is 0 Å². The number of nitrogens with one attached hydrogen (secondary N) is 3. The minimum absolute atomic E-state index is 0.174. The molecule has 0 aliphatic rings. The SMILES string of the molecule is CCCNc1ncnc(NNC(=O)Cc2ccccc2)c1N. The second-order valence-electron chi connectivity index (χ2n) is 4.75. The van der Waals surface area contributed by atoms with Crippen LogP contribution in [0.5, 0.6) is 0 Å². The number of nitrogens with two attached hydrogens (primary N) is 1. The van der Waals surface area contributed by atoms with Crippen LogP contribution >= 0.6 is 0 Å². The normalized spacial score (nSPS) is 10.0. The molecule has 0 unspecified atom stereocenters. The van der Waals surface area contributed by atoms with Crippen LogP contribution in [0.3, 0.4) is 0 Å². The lowest BCUT2D eigenvalue weighted by Gasteiger charge is -2.12. The van der Waals surface area contributed by atoms with Crippen molar-refractivity contribution in [2.45, 2.75) is 19.8 Å². The minimum Gasteiger partial charge on any atom is -0.393 e. The molecular formula is C15H20N6O. The van der Waals surface area contributed by atoms with E-state index in [1.807, 2.05) is 37.3 Å². The smallest absolute Gasteiger partial charge is 0.242 e. The number of hydrogen-bond donors (Lipinski definition) is 4. The van der Waals surface area contributed by atoms with Crippen LogP contribution < -0.4 is 21.9 Å². The molecule has 0 aliphatic carbocycles. The molecule has 2 aromatic rings. The maximum absolute atomic E-state index is 11.9. The molecule has 116 valence electrons. The minimum atomic E-state index is -0.174. The Bertz CT molecular complexity index is 617. The Balaban J connectivity index is 1.92. The Kier molecular flexibility index (Phi) is 5.53. The predicted molar refractivity (Wildman–Crippen MR) is 87.1 cm³/mol. The second-order valence-corrected chi connectivity index (χ2v) is 4.75. The second kappa shape index (κ2) is 7.82. The third-order valence-electron chi connectivity index (χ3n) is 2.95. The van der Waals surface area contributed by atoms with E-state index in [0.717, 1.165) is 18.5 Å². The largest absolute Gasteiger partial charge is 0.393 e. The number of amides is 1. The average Bonchev–Trinajstić information content (AvgIpc) is 2.54. The number of hydrogen-bond acceptors (Lipinski definition) is 6. The van der Waals surface area contributed by atoms with Crippen LogP contribution in [0, 0.1) is 0 Å². The van der Waals surface area contributed by atoms with E-state index in [1.54, 1.807) is 0 Å². The van der Waals surface area contributed by atoms with Gasteiger partial charge in [-0.3, -0.25) is 15.6 Å². The van der Waals surface area contributed by atoms with Crippen LogP contribution in [0.1, 0.15) is 18.9 Å².